The molecule has 1 aromatic heterocycles. The quantitative estimate of drug-likeness (QED) is 0.941. The van der Waals surface area contributed by atoms with Gasteiger partial charge in [0.05, 0.1) is 18.9 Å². The van der Waals surface area contributed by atoms with Crippen molar-refractivity contribution < 1.29 is 17.9 Å². The van der Waals surface area contributed by atoms with Crippen LogP contribution >= 0.6 is 0 Å². The number of hydrogen-bond acceptors (Lipinski definition) is 3. The third kappa shape index (κ3) is 3.29. The Kier molecular flexibility index (Phi) is 4.11. The zero-order valence-corrected chi connectivity index (χ0v) is 12.0. The number of alkyl halides is 3. The Hall–Kier alpha value is -2.18. The van der Waals surface area contributed by atoms with Crippen molar-refractivity contribution in [3.63, 3.8) is 0 Å². The van der Waals surface area contributed by atoms with Crippen LogP contribution in [0.15, 0.2) is 24.4 Å². The van der Waals surface area contributed by atoms with Crippen molar-refractivity contribution in [2.45, 2.75) is 19.6 Å². The van der Waals surface area contributed by atoms with Crippen LogP contribution in [0, 0.1) is 6.92 Å². The van der Waals surface area contributed by atoms with Crippen LogP contribution in [-0.4, -0.2) is 16.9 Å². The van der Waals surface area contributed by atoms with Crippen molar-refractivity contribution >= 4 is 5.69 Å². The van der Waals surface area contributed by atoms with Crippen molar-refractivity contribution in [3.8, 4) is 5.75 Å². The third-order valence-corrected chi connectivity index (χ3v) is 3.34. The highest BCUT2D eigenvalue weighted by atomic mass is 19.4. The number of rotatable bonds is 4. The molecule has 0 bridgehead atoms. The Balaban J connectivity index is 2.25. The molecule has 0 aliphatic rings. The number of aromatic nitrogens is 2. The average molecular weight is 299 g/mol. The molecular weight excluding hydrogens is 283 g/mol. The molecule has 0 radical (unpaired) electrons. The Morgan fingerprint density at radius 3 is 2.57 bits per heavy atom. The first-order valence-electron chi connectivity index (χ1n) is 6.29. The summed E-state index contributed by atoms with van der Waals surface area (Å²) < 4.78 is 45.7. The van der Waals surface area contributed by atoms with Gasteiger partial charge in [-0.2, -0.15) is 18.3 Å². The average Bonchev–Trinajstić information content (AvgIpc) is 2.75. The minimum atomic E-state index is -4.44. The van der Waals surface area contributed by atoms with E-state index in [4.69, 9.17) is 4.74 Å². The first kappa shape index (κ1) is 15.2. The predicted molar refractivity (Wildman–Crippen MR) is 73.3 cm³/mol. The summed E-state index contributed by atoms with van der Waals surface area (Å²) in [5.74, 6) is 0.172. The Bertz CT molecular complexity index is 635. The number of nitrogens with one attached hydrogen (secondary N) is 1. The summed E-state index contributed by atoms with van der Waals surface area (Å²) in [6, 6.07) is 3.85. The molecule has 0 saturated carbocycles. The molecule has 0 unspecified atom stereocenters. The summed E-state index contributed by atoms with van der Waals surface area (Å²) in [6.45, 7) is 2.14. The second-order valence-corrected chi connectivity index (χ2v) is 4.64. The molecule has 2 rings (SSSR count). The lowest BCUT2D eigenvalue weighted by atomic mass is 10.1. The van der Waals surface area contributed by atoms with Crippen LogP contribution in [0.4, 0.5) is 18.9 Å². The Labute approximate surface area is 120 Å². The number of ether oxygens (including phenoxy) is 1. The zero-order valence-electron chi connectivity index (χ0n) is 12.0. The van der Waals surface area contributed by atoms with Gasteiger partial charge in [-0.3, -0.25) is 4.68 Å². The molecule has 4 nitrogen and oxygen atoms in total. The largest absolute Gasteiger partial charge is 0.497 e. The Morgan fingerprint density at radius 1 is 1.33 bits per heavy atom. The minimum Gasteiger partial charge on any atom is -0.497 e. The molecule has 0 atom stereocenters. The summed E-state index contributed by atoms with van der Waals surface area (Å²) in [5, 5.41) is 6.87. The lowest BCUT2D eigenvalue weighted by Gasteiger charge is -2.15. The number of aryl methyl sites for hydroxylation is 1. The van der Waals surface area contributed by atoms with Crippen molar-refractivity contribution in [1.29, 1.82) is 0 Å². The molecule has 2 aromatic rings. The minimum absolute atomic E-state index is 0.0200. The molecule has 0 aliphatic carbocycles. The van der Waals surface area contributed by atoms with Gasteiger partial charge in [0.15, 0.2) is 0 Å². The van der Waals surface area contributed by atoms with Crippen LogP contribution in [0.5, 0.6) is 5.75 Å². The van der Waals surface area contributed by atoms with Crippen molar-refractivity contribution in [3.05, 3.63) is 41.2 Å². The van der Waals surface area contributed by atoms with E-state index in [0.29, 0.717) is 0 Å². The molecule has 7 heteroatoms. The van der Waals surface area contributed by atoms with E-state index in [9.17, 15) is 13.2 Å². The highest BCUT2D eigenvalue weighted by Gasteiger charge is 2.34. The molecule has 0 spiro atoms. The maximum atomic E-state index is 13.1. The molecule has 1 heterocycles. The van der Waals surface area contributed by atoms with Crippen molar-refractivity contribution in [1.82, 2.24) is 9.78 Å². The highest BCUT2D eigenvalue weighted by Crippen LogP contribution is 2.37. The smallest absolute Gasteiger partial charge is 0.418 e. The molecule has 1 aromatic carbocycles. The molecular formula is C14H16F3N3O. The predicted octanol–water partition coefficient (Wildman–Crippen LogP) is 3.37. The van der Waals surface area contributed by atoms with E-state index in [0.717, 1.165) is 17.3 Å². The molecule has 114 valence electrons. The maximum Gasteiger partial charge on any atom is 0.418 e. The van der Waals surface area contributed by atoms with E-state index < -0.39 is 11.7 Å². The highest BCUT2D eigenvalue weighted by molar-refractivity contribution is 5.56. The Morgan fingerprint density at radius 2 is 2.05 bits per heavy atom. The van der Waals surface area contributed by atoms with E-state index in [1.807, 2.05) is 6.92 Å². The first-order chi connectivity index (χ1) is 9.82. The summed E-state index contributed by atoms with van der Waals surface area (Å²) in [5.41, 5.74) is 1.03. The van der Waals surface area contributed by atoms with E-state index in [1.54, 1.807) is 17.9 Å². The second-order valence-electron chi connectivity index (χ2n) is 4.64. The summed E-state index contributed by atoms with van der Waals surface area (Å²) in [7, 11) is 3.12. The molecule has 0 aliphatic heterocycles. The summed E-state index contributed by atoms with van der Waals surface area (Å²) >= 11 is 0. The molecule has 21 heavy (non-hydrogen) atoms. The molecule has 0 amide bonds. The van der Waals surface area contributed by atoms with Crippen molar-refractivity contribution in [2.75, 3.05) is 12.4 Å². The fraction of sp³-hybridized carbons (Fsp3) is 0.357. The van der Waals surface area contributed by atoms with Gasteiger partial charge in [-0.15, -0.1) is 0 Å². The number of hydrogen-bond donors (Lipinski definition) is 1. The van der Waals surface area contributed by atoms with Gasteiger partial charge in [0.25, 0.3) is 0 Å². The monoisotopic (exact) mass is 299 g/mol. The number of nitrogens with zero attached hydrogens (tertiary/aromatic N) is 2. The third-order valence-electron chi connectivity index (χ3n) is 3.34. The molecule has 0 fully saturated rings. The van der Waals surface area contributed by atoms with Crippen LogP contribution < -0.4 is 10.1 Å². The van der Waals surface area contributed by atoms with Gasteiger partial charge in [-0.25, -0.2) is 0 Å². The van der Waals surface area contributed by atoms with Crippen LogP contribution in [0.25, 0.3) is 0 Å². The fourth-order valence-electron chi connectivity index (χ4n) is 1.95. The number of benzene rings is 1. The fourth-order valence-corrected chi connectivity index (χ4v) is 1.95. The summed E-state index contributed by atoms with van der Waals surface area (Å²) in [6.07, 6.45) is -2.81. The topological polar surface area (TPSA) is 39.1 Å². The van der Waals surface area contributed by atoms with E-state index >= 15 is 0 Å². The maximum absolute atomic E-state index is 13.1. The van der Waals surface area contributed by atoms with E-state index in [1.165, 1.54) is 19.2 Å². The van der Waals surface area contributed by atoms with Gasteiger partial charge in [0, 0.05) is 30.5 Å². The molecule has 1 N–H and O–H groups in total. The van der Waals surface area contributed by atoms with Crippen LogP contribution in [0.1, 0.15) is 16.8 Å². The summed E-state index contributed by atoms with van der Waals surface area (Å²) in [4.78, 5) is 0. The second kappa shape index (κ2) is 5.67. The van der Waals surface area contributed by atoms with E-state index in [-0.39, 0.29) is 18.0 Å². The van der Waals surface area contributed by atoms with Crippen LogP contribution in [0.3, 0.4) is 0 Å². The van der Waals surface area contributed by atoms with Gasteiger partial charge in [0.2, 0.25) is 0 Å². The van der Waals surface area contributed by atoms with Gasteiger partial charge in [-0.05, 0) is 25.1 Å². The lowest BCUT2D eigenvalue weighted by molar-refractivity contribution is -0.137. The van der Waals surface area contributed by atoms with E-state index in [2.05, 4.69) is 10.4 Å². The number of halogens is 3. The van der Waals surface area contributed by atoms with Crippen LogP contribution in [0.2, 0.25) is 0 Å². The molecule has 0 saturated heterocycles. The standard InChI is InChI=1S/C14H16F3N3O/c1-9-10(8-19-20(9)2)7-18-13-5-4-11(21-3)6-12(13)14(15,16)17/h4-6,8,18H,7H2,1-3H3. The lowest BCUT2D eigenvalue weighted by Crippen LogP contribution is -2.11. The normalized spacial score (nSPS) is 11.5. The van der Waals surface area contributed by atoms with Gasteiger partial charge < -0.3 is 10.1 Å². The number of methoxy groups -OCH3 is 1. The van der Waals surface area contributed by atoms with Gasteiger partial charge in [0.1, 0.15) is 5.75 Å². The SMILES string of the molecule is COc1ccc(NCc2cnn(C)c2C)c(C(F)(F)F)c1. The zero-order chi connectivity index (χ0) is 15.6. The first-order valence-corrected chi connectivity index (χ1v) is 6.29. The number of anilines is 1. The van der Waals surface area contributed by atoms with Gasteiger partial charge >= 0.3 is 6.18 Å². The van der Waals surface area contributed by atoms with Gasteiger partial charge in [-0.1, -0.05) is 0 Å². The van der Waals surface area contributed by atoms with Crippen molar-refractivity contribution in [2.24, 2.45) is 7.05 Å². The van der Waals surface area contributed by atoms with Crippen LogP contribution in [-0.2, 0) is 19.8 Å².